The maximum Gasteiger partial charge on any atom is 0.309 e. The molecule has 0 radical (unpaired) electrons. The van der Waals surface area contributed by atoms with Gasteiger partial charge in [0.15, 0.2) is 0 Å². The molecule has 2 atom stereocenters. The Balaban J connectivity index is 2.65. The molecule has 13 heavy (non-hydrogen) atoms. The van der Waals surface area contributed by atoms with Crippen molar-refractivity contribution in [2.24, 2.45) is 17.3 Å². The Hall–Kier alpha value is -0.530. The average Bonchev–Trinajstić information content (AvgIpc) is 2.04. The molecule has 2 heteroatoms. The van der Waals surface area contributed by atoms with Crippen LogP contribution in [0.2, 0.25) is 0 Å². The molecule has 1 aliphatic rings. The molecule has 1 N–H and O–H groups in total. The summed E-state index contributed by atoms with van der Waals surface area (Å²) in [5, 5.41) is 9.10. The van der Waals surface area contributed by atoms with E-state index in [0.717, 1.165) is 19.3 Å². The molecule has 1 aliphatic carbocycles. The van der Waals surface area contributed by atoms with Crippen molar-refractivity contribution in [2.45, 2.75) is 46.5 Å². The van der Waals surface area contributed by atoms with Gasteiger partial charge in [0.1, 0.15) is 0 Å². The van der Waals surface area contributed by atoms with Crippen LogP contribution in [-0.4, -0.2) is 11.1 Å². The molecule has 76 valence electrons. The summed E-state index contributed by atoms with van der Waals surface area (Å²) in [4.78, 5) is 11.0. The highest BCUT2D eigenvalue weighted by Crippen LogP contribution is 2.41. The highest BCUT2D eigenvalue weighted by molar-refractivity contribution is 5.74. The molecule has 0 spiro atoms. The Labute approximate surface area is 80.3 Å². The number of aliphatic carboxylic acids is 1. The van der Waals surface area contributed by atoms with Gasteiger partial charge in [0, 0.05) is 0 Å². The van der Waals surface area contributed by atoms with Gasteiger partial charge in [-0.1, -0.05) is 26.7 Å². The molecule has 0 amide bonds. The third kappa shape index (κ3) is 2.23. The first-order chi connectivity index (χ1) is 5.96. The standard InChI is InChI=1S/C11H20O2/c1-8(2)9-5-4-6-11(3,7-9)10(12)13/h8-9H,4-7H2,1-3H3,(H,12,13)/t9-,11+/m1/s1. The van der Waals surface area contributed by atoms with Gasteiger partial charge < -0.3 is 5.11 Å². The molecule has 1 saturated carbocycles. The van der Waals surface area contributed by atoms with E-state index in [1.54, 1.807) is 0 Å². The molecule has 1 fully saturated rings. The normalized spacial score (nSPS) is 34.9. The minimum Gasteiger partial charge on any atom is -0.481 e. The van der Waals surface area contributed by atoms with Gasteiger partial charge in [-0.3, -0.25) is 4.79 Å². The number of hydrogen-bond donors (Lipinski definition) is 1. The number of rotatable bonds is 2. The van der Waals surface area contributed by atoms with E-state index in [-0.39, 0.29) is 0 Å². The van der Waals surface area contributed by atoms with Crippen LogP contribution in [0.15, 0.2) is 0 Å². The van der Waals surface area contributed by atoms with Crippen molar-refractivity contribution in [1.82, 2.24) is 0 Å². The summed E-state index contributed by atoms with van der Waals surface area (Å²) in [6.45, 7) is 6.28. The molecule has 0 aliphatic heterocycles. The predicted octanol–water partition coefficient (Wildman–Crippen LogP) is 2.92. The molecule has 0 saturated heterocycles. The van der Waals surface area contributed by atoms with E-state index in [0.29, 0.717) is 11.8 Å². The van der Waals surface area contributed by atoms with Gasteiger partial charge in [-0.15, -0.1) is 0 Å². The second kappa shape index (κ2) is 3.69. The lowest BCUT2D eigenvalue weighted by atomic mass is 9.68. The summed E-state index contributed by atoms with van der Waals surface area (Å²) in [6, 6.07) is 0. The molecule has 0 aromatic rings. The van der Waals surface area contributed by atoms with E-state index in [4.69, 9.17) is 5.11 Å². The first-order valence-electron chi connectivity index (χ1n) is 5.19. The second-order valence-corrected chi connectivity index (χ2v) is 4.97. The van der Waals surface area contributed by atoms with Gasteiger partial charge in [-0.2, -0.15) is 0 Å². The fourth-order valence-electron chi connectivity index (χ4n) is 2.30. The summed E-state index contributed by atoms with van der Waals surface area (Å²) in [5.74, 6) is 0.617. The van der Waals surface area contributed by atoms with E-state index in [9.17, 15) is 4.79 Å². The Morgan fingerprint density at radius 2 is 2.15 bits per heavy atom. The minimum absolute atomic E-state index is 0.451. The Morgan fingerprint density at radius 3 is 2.62 bits per heavy atom. The second-order valence-electron chi connectivity index (χ2n) is 4.97. The van der Waals surface area contributed by atoms with Gasteiger partial charge in [-0.25, -0.2) is 0 Å². The molecular formula is C11H20O2. The Kier molecular flexibility index (Phi) is 2.99. The van der Waals surface area contributed by atoms with Crippen molar-refractivity contribution in [1.29, 1.82) is 0 Å². The van der Waals surface area contributed by atoms with Crippen LogP contribution in [0.1, 0.15) is 46.5 Å². The summed E-state index contributed by atoms with van der Waals surface area (Å²) in [7, 11) is 0. The zero-order chi connectivity index (χ0) is 10.1. The largest absolute Gasteiger partial charge is 0.481 e. The molecule has 2 nitrogen and oxygen atoms in total. The average molecular weight is 184 g/mol. The van der Waals surface area contributed by atoms with E-state index in [2.05, 4.69) is 13.8 Å². The summed E-state index contributed by atoms with van der Waals surface area (Å²) < 4.78 is 0. The van der Waals surface area contributed by atoms with E-state index >= 15 is 0 Å². The van der Waals surface area contributed by atoms with Crippen molar-refractivity contribution in [2.75, 3.05) is 0 Å². The van der Waals surface area contributed by atoms with Crippen molar-refractivity contribution >= 4 is 5.97 Å². The molecule has 0 heterocycles. The van der Waals surface area contributed by atoms with E-state index in [1.807, 2.05) is 6.92 Å². The van der Waals surface area contributed by atoms with Crippen molar-refractivity contribution in [3.63, 3.8) is 0 Å². The zero-order valence-corrected chi connectivity index (χ0v) is 8.84. The van der Waals surface area contributed by atoms with Crippen LogP contribution >= 0.6 is 0 Å². The quantitative estimate of drug-likeness (QED) is 0.716. The van der Waals surface area contributed by atoms with Gasteiger partial charge in [0.2, 0.25) is 0 Å². The topological polar surface area (TPSA) is 37.3 Å². The Bertz CT molecular complexity index is 198. The number of hydrogen-bond acceptors (Lipinski definition) is 1. The lowest BCUT2D eigenvalue weighted by Gasteiger charge is -2.36. The maximum atomic E-state index is 11.0. The lowest BCUT2D eigenvalue weighted by molar-refractivity contribution is -0.151. The summed E-state index contributed by atoms with van der Waals surface area (Å²) in [5.41, 5.74) is -0.451. The smallest absolute Gasteiger partial charge is 0.309 e. The number of carbonyl (C=O) groups is 1. The number of carboxylic acids is 1. The van der Waals surface area contributed by atoms with Crippen molar-refractivity contribution in [3.8, 4) is 0 Å². The lowest BCUT2D eigenvalue weighted by Crippen LogP contribution is -2.35. The molecular weight excluding hydrogens is 164 g/mol. The van der Waals surface area contributed by atoms with Crippen LogP contribution in [0.3, 0.4) is 0 Å². The number of carboxylic acid groups (broad SMARTS) is 1. The van der Waals surface area contributed by atoms with E-state index in [1.165, 1.54) is 6.42 Å². The third-order valence-corrected chi connectivity index (χ3v) is 3.48. The van der Waals surface area contributed by atoms with Crippen LogP contribution in [0.4, 0.5) is 0 Å². The minimum atomic E-state index is -0.613. The Morgan fingerprint density at radius 1 is 1.54 bits per heavy atom. The first-order valence-corrected chi connectivity index (χ1v) is 5.19. The van der Waals surface area contributed by atoms with Crippen LogP contribution in [-0.2, 0) is 4.79 Å². The summed E-state index contributed by atoms with van der Waals surface area (Å²) in [6.07, 6.45) is 4.00. The van der Waals surface area contributed by atoms with E-state index < -0.39 is 11.4 Å². The predicted molar refractivity (Wildman–Crippen MR) is 52.5 cm³/mol. The third-order valence-electron chi connectivity index (χ3n) is 3.48. The van der Waals surface area contributed by atoms with Crippen LogP contribution < -0.4 is 0 Å². The van der Waals surface area contributed by atoms with Gasteiger partial charge >= 0.3 is 5.97 Å². The molecule has 0 aromatic heterocycles. The fourth-order valence-corrected chi connectivity index (χ4v) is 2.30. The fraction of sp³-hybridized carbons (Fsp3) is 0.909. The molecule has 0 bridgehead atoms. The van der Waals surface area contributed by atoms with Crippen molar-refractivity contribution < 1.29 is 9.90 Å². The highest BCUT2D eigenvalue weighted by Gasteiger charge is 2.39. The SMILES string of the molecule is CC(C)[C@@H]1CCC[C@](C)(C(=O)O)C1. The van der Waals surface area contributed by atoms with Crippen molar-refractivity contribution in [3.05, 3.63) is 0 Å². The van der Waals surface area contributed by atoms with Gasteiger partial charge in [0.25, 0.3) is 0 Å². The van der Waals surface area contributed by atoms with Crippen LogP contribution in [0.25, 0.3) is 0 Å². The zero-order valence-electron chi connectivity index (χ0n) is 8.84. The van der Waals surface area contributed by atoms with Gasteiger partial charge in [-0.05, 0) is 31.6 Å². The molecule has 0 aromatic carbocycles. The maximum absolute atomic E-state index is 11.0. The van der Waals surface area contributed by atoms with Crippen LogP contribution in [0, 0.1) is 17.3 Å². The van der Waals surface area contributed by atoms with Gasteiger partial charge in [0.05, 0.1) is 5.41 Å². The van der Waals surface area contributed by atoms with Crippen LogP contribution in [0.5, 0.6) is 0 Å². The summed E-state index contributed by atoms with van der Waals surface area (Å²) >= 11 is 0. The highest BCUT2D eigenvalue weighted by atomic mass is 16.4. The molecule has 0 unspecified atom stereocenters. The molecule has 1 rings (SSSR count). The monoisotopic (exact) mass is 184 g/mol. The first kappa shape index (κ1) is 10.6.